The van der Waals surface area contributed by atoms with Gasteiger partial charge >= 0.3 is 5.69 Å². The first-order valence-corrected chi connectivity index (χ1v) is 9.69. The van der Waals surface area contributed by atoms with Gasteiger partial charge in [0.2, 0.25) is 5.91 Å². The van der Waals surface area contributed by atoms with Crippen molar-refractivity contribution in [3.63, 3.8) is 0 Å². The van der Waals surface area contributed by atoms with Gasteiger partial charge in [0.25, 0.3) is 0 Å². The number of aryl methyl sites for hydroxylation is 2. The molecule has 0 spiro atoms. The summed E-state index contributed by atoms with van der Waals surface area (Å²) in [5.41, 5.74) is 2.88. The van der Waals surface area contributed by atoms with E-state index in [0.29, 0.717) is 19.6 Å². The molecule has 1 amide bonds. The lowest BCUT2D eigenvalue weighted by atomic mass is 10.1. The Hall–Kier alpha value is -2.86. The number of carbonyl (C=O) groups is 1. The molecule has 6 nitrogen and oxygen atoms in total. The maximum atomic E-state index is 12.7. The molecule has 0 saturated heterocycles. The molecule has 0 aliphatic heterocycles. The summed E-state index contributed by atoms with van der Waals surface area (Å²) >= 11 is 0. The molecule has 0 radical (unpaired) electrons. The lowest BCUT2D eigenvalue weighted by Crippen LogP contribution is -2.35. The van der Waals surface area contributed by atoms with E-state index in [9.17, 15) is 9.59 Å². The van der Waals surface area contributed by atoms with Crippen LogP contribution >= 0.6 is 0 Å². The summed E-state index contributed by atoms with van der Waals surface area (Å²) in [7, 11) is 4.01. The second-order valence-electron chi connectivity index (χ2n) is 7.11. The predicted octanol–water partition coefficient (Wildman–Crippen LogP) is 2.63. The highest BCUT2D eigenvalue weighted by Crippen LogP contribution is 2.17. The third-order valence-corrected chi connectivity index (χ3v) is 5.10. The van der Waals surface area contributed by atoms with Crippen LogP contribution in [0.3, 0.4) is 0 Å². The molecule has 3 aromatic rings. The molecule has 1 atom stereocenters. The number of likely N-dealkylation sites (N-methyl/N-ethyl adjacent to an activating group) is 1. The number of nitrogens with zero attached hydrogens (tertiary/aromatic N) is 3. The maximum Gasteiger partial charge on any atom is 0.329 e. The molecule has 0 aliphatic carbocycles. The molecule has 1 N–H and O–H groups in total. The van der Waals surface area contributed by atoms with Gasteiger partial charge in [0.1, 0.15) is 0 Å². The first-order chi connectivity index (χ1) is 13.5. The van der Waals surface area contributed by atoms with E-state index >= 15 is 0 Å². The second kappa shape index (κ2) is 8.89. The van der Waals surface area contributed by atoms with Crippen molar-refractivity contribution < 1.29 is 4.79 Å². The molecule has 0 fully saturated rings. The zero-order chi connectivity index (χ0) is 20.1. The molecule has 3 rings (SSSR count). The number of carbonyl (C=O) groups excluding carboxylic acids is 1. The van der Waals surface area contributed by atoms with Crippen molar-refractivity contribution in [2.75, 3.05) is 20.6 Å². The molecule has 148 valence electrons. The fourth-order valence-corrected chi connectivity index (χ4v) is 3.58. The number of para-hydroxylation sites is 2. The lowest BCUT2D eigenvalue weighted by molar-refractivity contribution is -0.121. The van der Waals surface area contributed by atoms with Crippen molar-refractivity contribution in [2.45, 2.75) is 32.5 Å². The predicted molar refractivity (Wildman–Crippen MR) is 112 cm³/mol. The van der Waals surface area contributed by atoms with Crippen molar-refractivity contribution >= 4 is 16.9 Å². The molecule has 28 heavy (non-hydrogen) atoms. The van der Waals surface area contributed by atoms with E-state index in [-0.39, 0.29) is 24.1 Å². The normalized spacial score (nSPS) is 12.4. The van der Waals surface area contributed by atoms with E-state index < -0.39 is 0 Å². The van der Waals surface area contributed by atoms with E-state index in [4.69, 9.17) is 0 Å². The zero-order valence-electron chi connectivity index (χ0n) is 16.8. The Kier molecular flexibility index (Phi) is 6.31. The summed E-state index contributed by atoms with van der Waals surface area (Å²) in [6, 6.07) is 17.9. The van der Waals surface area contributed by atoms with Crippen LogP contribution < -0.4 is 11.0 Å². The SMILES string of the molecule is CCn1c(=O)n(CCC(=O)NC[C@H](c2ccccc2)N(C)C)c2ccccc21. The topological polar surface area (TPSA) is 59.3 Å². The molecule has 0 bridgehead atoms. The van der Waals surface area contributed by atoms with Gasteiger partial charge in [0, 0.05) is 26.1 Å². The average Bonchev–Trinajstić information content (AvgIpc) is 2.97. The van der Waals surface area contributed by atoms with E-state index in [0.717, 1.165) is 16.6 Å². The first kappa shape index (κ1) is 19.9. The largest absolute Gasteiger partial charge is 0.354 e. The fourth-order valence-electron chi connectivity index (χ4n) is 3.58. The number of benzene rings is 2. The minimum absolute atomic E-state index is 0.0528. The number of fused-ring (bicyclic) bond motifs is 1. The van der Waals surface area contributed by atoms with Gasteiger partial charge < -0.3 is 10.2 Å². The number of hydrogen-bond donors (Lipinski definition) is 1. The summed E-state index contributed by atoms with van der Waals surface area (Å²) in [5.74, 6) is -0.0528. The molecule has 1 aromatic heterocycles. The number of aromatic nitrogens is 2. The van der Waals surface area contributed by atoms with Crippen molar-refractivity contribution in [1.29, 1.82) is 0 Å². The quantitative estimate of drug-likeness (QED) is 0.654. The van der Waals surface area contributed by atoms with Gasteiger partial charge in [-0.25, -0.2) is 4.79 Å². The Labute approximate surface area is 165 Å². The second-order valence-corrected chi connectivity index (χ2v) is 7.11. The number of nitrogens with one attached hydrogen (secondary N) is 1. The third kappa shape index (κ3) is 4.17. The highest BCUT2D eigenvalue weighted by molar-refractivity contribution is 5.78. The van der Waals surface area contributed by atoms with E-state index in [1.54, 1.807) is 9.13 Å². The smallest absolute Gasteiger partial charge is 0.329 e. The number of amides is 1. The van der Waals surface area contributed by atoms with E-state index in [1.165, 1.54) is 0 Å². The first-order valence-electron chi connectivity index (χ1n) is 9.69. The van der Waals surface area contributed by atoms with Gasteiger partial charge in [0.15, 0.2) is 0 Å². The van der Waals surface area contributed by atoms with Crippen LogP contribution in [-0.4, -0.2) is 40.6 Å². The van der Waals surface area contributed by atoms with Gasteiger partial charge in [-0.05, 0) is 38.7 Å². The van der Waals surface area contributed by atoms with Crippen LogP contribution in [0, 0.1) is 0 Å². The number of imidazole rings is 1. The van der Waals surface area contributed by atoms with Crippen molar-refractivity contribution in [2.24, 2.45) is 0 Å². The van der Waals surface area contributed by atoms with Gasteiger partial charge in [0.05, 0.1) is 17.1 Å². The average molecular weight is 380 g/mol. The van der Waals surface area contributed by atoms with Crippen LogP contribution in [0.25, 0.3) is 11.0 Å². The maximum absolute atomic E-state index is 12.7. The van der Waals surface area contributed by atoms with Gasteiger partial charge in [-0.15, -0.1) is 0 Å². The van der Waals surface area contributed by atoms with Crippen LogP contribution in [0.15, 0.2) is 59.4 Å². The molecule has 2 aromatic carbocycles. The fraction of sp³-hybridized carbons (Fsp3) is 0.364. The van der Waals surface area contributed by atoms with Crippen LogP contribution in [0.2, 0.25) is 0 Å². The highest BCUT2D eigenvalue weighted by Gasteiger charge is 2.16. The Morgan fingerprint density at radius 2 is 1.61 bits per heavy atom. The summed E-state index contributed by atoms with van der Waals surface area (Å²) in [6.45, 7) is 3.47. The lowest BCUT2D eigenvalue weighted by Gasteiger charge is -2.25. The number of hydrogen-bond acceptors (Lipinski definition) is 3. The monoisotopic (exact) mass is 380 g/mol. The van der Waals surface area contributed by atoms with Crippen molar-refractivity contribution in [3.05, 3.63) is 70.6 Å². The Morgan fingerprint density at radius 3 is 2.21 bits per heavy atom. The summed E-state index contributed by atoms with van der Waals surface area (Å²) in [5, 5.41) is 3.02. The highest BCUT2D eigenvalue weighted by atomic mass is 16.2. The van der Waals surface area contributed by atoms with E-state index in [2.05, 4.69) is 22.3 Å². The third-order valence-electron chi connectivity index (χ3n) is 5.10. The summed E-state index contributed by atoms with van der Waals surface area (Å²) < 4.78 is 3.43. The van der Waals surface area contributed by atoms with E-state index in [1.807, 2.05) is 63.5 Å². The van der Waals surface area contributed by atoms with Crippen LogP contribution in [0.1, 0.15) is 24.9 Å². The Bertz CT molecular complexity index is 989. The standard InChI is InChI=1S/C22H28N4O2/c1-4-25-18-12-8-9-13-19(18)26(22(25)28)15-14-21(27)23-16-20(24(2)3)17-10-6-5-7-11-17/h5-13,20H,4,14-16H2,1-3H3,(H,23,27)/t20-/m1/s1. The molecule has 0 aliphatic rings. The van der Waals surface area contributed by atoms with Gasteiger partial charge in [-0.1, -0.05) is 42.5 Å². The zero-order valence-corrected chi connectivity index (χ0v) is 16.8. The van der Waals surface area contributed by atoms with Crippen molar-refractivity contribution in [1.82, 2.24) is 19.4 Å². The van der Waals surface area contributed by atoms with Crippen LogP contribution in [0.5, 0.6) is 0 Å². The van der Waals surface area contributed by atoms with Crippen LogP contribution in [-0.2, 0) is 17.9 Å². The van der Waals surface area contributed by atoms with Gasteiger partial charge in [-0.3, -0.25) is 13.9 Å². The molecule has 0 unspecified atom stereocenters. The summed E-state index contributed by atoms with van der Waals surface area (Å²) in [6.07, 6.45) is 0.270. The Balaban J connectivity index is 1.66. The molecular formula is C22H28N4O2. The molecule has 6 heteroatoms. The summed E-state index contributed by atoms with van der Waals surface area (Å²) in [4.78, 5) is 27.2. The minimum Gasteiger partial charge on any atom is -0.354 e. The van der Waals surface area contributed by atoms with Crippen LogP contribution in [0.4, 0.5) is 0 Å². The Morgan fingerprint density at radius 1 is 1.00 bits per heavy atom. The minimum atomic E-state index is -0.0630. The molecule has 1 heterocycles. The molecule has 0 saturated carbocycles. The van der Waals surface area contributed by atoms with Gasteiger partial charge in [-0.2, -0.15) is 0 Å². The van der Waals surface area contributed by atoms with Crippen molar-refractivity contribution in [3.8, 4) is 0 Å². The molecular weight excluding hydrogens is 352 g/mol. The number of rotatable bonds is 8.